The lowest BCUT2D eigenvalue weighted by molar-refractivity contribution is -0.307. The molecule has 8 aromatic rings. The Hall–Kier alpha value is -11.2. The van der Waals surface area contributed by atoms with E-state index in [1.807, 2.05) is 135 Å². The third kappa shape index (κ3) is 46.2. The van der Waals surface area contributed by atoms with E-state index < -0.39 is 69.9 Å². The Balaban J connectivity index is 0.000000385. The van der Waals surface area contributed by atoms with Crippen molar-refractivity contribution < 1.29 is 135 Å². The van der Waals surface area contributed by atoms with Crippen LogP contribution in [0.25, 0.3) is 0 Å². The van der Waals surface area contributed by atoms with E-state index in [9.17, 15) is 63.5 Å². The number of hydrogen-bond donors (Lipinski definition) is 2. The number of anilines is 1. The first kappa shape index (κ1) is 110. The van der Waals surface area contributed by atoms with E-state index >= 15 is 0 Å². The highest BCUT2D eigenvalue weighted by Gasteiger charge is 2.60. The zero-order valence-corrected chi connectivity index (χ0v) is 77.2. The standard InChI is InChI=1S/C17H18O5S.C15H20O4.C15H22O3.C14H20O4.C13H12F6O3.C12H16O3S.C9H13NO/c1-12(2)21-14-6-4-13(5-7-14)17(18)22-15-8-10-16(11-9-15)23(3,19)20;1-11(2)18-13-8-6-12(7-9-13)15(16)19-14-5-3-4-10-17-14;1-6-15(4,5)18-14(16)12-7-9-13(10-8-12)17-11(2)3;1-5-16-11(4)18-14(15)12-6-8-13(9-7-12)17-10(2)3;1-7(2)21-9-5-3-8(4-6-9)10(20)22-11(12(14,15)16)13(17,18)19;1-9(2)15-11-5-3-10(4-6-11)12(13)14-7-8-16;1-7(2)11-9-5-3-8(10)4-6-9/h4-12H,1-3H3;6-9,11,14H,3-5,10H2,1-2H3;7-11H,6H2,1-5H3;6-11H,5H2,1-4H3;3-7,11H,1-2H3;3-6,9,16H,7-8H2,1-2H3;3-7H,10H2,1-2H3. The Labute approximate surface area is 747 Å². The fourth-order valence-corrected chi connectivity index (χ4v) is 10.7. The van der Waals surface area contributed by atoms with Crippen LogP contribution in [0.1, 0.15) is 219 Å². The van der Waals surface area contributed by atoms with Gasteiger partial charge in [-0.3, -0.25) is 0 Å². The van der Waals surface area contributed by atoms with Crippen LogP contribution in [0, 0.1) is 0 Å². The predicted molar refractivity (Wildman–Crippen MR) is 475 cm³/mol. The molecule has 32 heteroatoms. The summed E-state index contributed by atoms with van der Waals surface area (Å²) >= 11 is 3.96. The van der Waals surface area contributed by atoms with E-state index in [2.05, 4.69) is 17.4 Å². The second kappa shape index (κ2) is 55.4. The first-order chi connectivity index (χ1) is 59.5. The number of alkyl halides is 6. The van der Waals surface area contributed by atoms with Gasteiger partial charge in [-0.15, -0.1) is 0 Å². The smallest absolute Gasteiger partial charge is 0.434 e. The molecule has 2 N–H and O–H groups in total. The second-order valence-corrected chi connectivity index (χ2v) is 32.8. The number of carbonyl (C=O) groups is 6. The molecule has 0 spiro atoms. The van der Waals surface area contributed by atoms with Crippen LogP contribution < -0.4 is 43.6 Å². The number of nitrogens with two attached hydrogens (primary N) is 1. The molecule has 0 aromatic heterocycles. The average Bonchev–Trinajstić information content (AvgIpc) is 0.813. The quantitative estimate of drug-likeness (QED) is 0.00776. The van der Waals surface area contributed by atoms with Crippen molar-refractivity contribution in [2.24, 2.45) is 0 Å². The van der Waals surface area contributed by atoms with Crippen molar-refractivity contribution in [3.05, 3.63) is 228 Å². The molecule has 1 aliphatic rings. The van der Waals surface area contributed by atoms with E-state index in [1.54, 1.807) is 142 Å². The molecule has 1 heterocycles. The molecule has 2 atom stereocenters. The number of rotatable bonds is 31. The molecule has 1 fully saturated rings. The lowest BCUT2D eigenvalue weighted by Crippen LogP contribution is -2.45. The molecule has 0 radical (unpaired) electrons. The third-order valence-corrected chi connectivity index (χ3v) is 17.2. The van der Waals surface area contributed by atoms with Crippen LogP contribution in [0.3, 0.4) is 0 Å². The largest absolute Gasteiger partial charge is 0.491 e. The fraction of sp³-hybridized carbons (Fsp3) is 0.432. The van der Waals surface area contributed by atoms with Crippen molar-refractivity contribution in [2.45, 2.75) is 241 Å². The Morgan fingerprint density at radius 3 is 1.01 bits per heavy atom. The second-order valence-electron chi connectivity index (χ2n) is 30.4. The summed E-state index contributed by atoms with van der Waals surface area (Å²) in [6.07, 6.45) is -11.2. The van der Waals surface area contributed by atoms with Crippen molar-refractivity contribution in [1.82, 2.24) is 0 Å². The summed E-state index contributed by atoms with van der Waals surface area (Å²) < 4.78 is 175. The molecular formula is C95H121F6NO23S2. The summed E-state index contributed by atoms with van der Waals surface area (Å²) in [4.78, 5) is 70.6. The maximum Gasteiger partial charge on any atom is 0.434 e. The summed E-state index contributed by atoms with van der Waals surface area (Å²) in [7, 11) is -3.27. The summed E-state index contributed by atoms with van der Waals surface area (Å²) in [6, 6.07) is 52.0. The van der Waals surface area contributed by atoms with E-state index in [-0.39, 0.29) is 71.3 Å². The lowest BCUT2D eigenvalue weighted by atomic mass is 10.1. The van der Waals surface area contributed by atoms with Crippen molar-refractivity contribution in [3.8, 4) is 46.0 Å². The van der Waals surface area contributed by atoms with Gasteiger partial charge in [0, 0.05) is 30.7 Å². The van der Waals surface area contributed by atoms with Crippen LogP contribution in [-0.2, 0) is 43.0 Å². The predicted octanol–water partition coefficient (Wildman–Crippen LogP) is 21.8. The molecule has 9 rings (SSSR count). The Morgan fingerprint density at radius 1 is 0.417 bits per heavy atom. The zero-order chi connectivity index (χ0) is 95.4. The van der Waals surface area contributed by atoms with E-state index in [4.69, 9.17) is 72.0 Å². The van der Waals surface area contributed by atoms with Crippen LogP contribution in [0.5, 0.6) is 46.0 Å². The molecule has 698 valence electrons. The normalized spacial score (nSPS) is 12.6. The van der Waals surface area contributed by atoms with Gasteiger partial charge in [0.2, 0.25) is 6.29 Å². The number of esters is 6. The highest BCUT2D eigenvalue weighted by molar-refractivity contribution is 7.90. The minimum absolute atomic E-state index is 0.0566. The van der Waals surface area contributed by atoms with Gasteiger partial charge in [-0.05, 0) is 338 Å². The van der Waals surface area contributed by atoms with Gasteiger partial charge < -0.3 is 76.8 Å². The van der Waals surface area contributed by atoms with Crippen LogP contribution >= 0.6 is 12.6 Å². The highest BCUT2D eigenvalue weighted by atomic mass is 32.2. The lowest BCUT2D eigenvalue weighted by Gasteiger charge is -2.23. The summed E-state index contributed by atoms with van der Waals surface area (Å²) in [5.74, 6) is 2.06. The van der Waals surface area contributed by atoms with Gasteiger partial charge in [0.25, 0.3) is 6.10 Å². The number of sulfone groups is 1. The Morgan fingerprint density at radius 2 is 0.717 bits per heavy atom. The molecule has 1 saturated heterocycles. The molecule has 0 bridgehead atoms. The minimum atomic E-state index is -5.74. The number of nitrogen functional groups attached to an aromatic ring is 1. The zero-order valence-electron chi connectivity index (χ0n) is 75.5. The van der Waals surface area contributed by atoms with Gasteiger partial charge in [-0.1, -0.05) is 6.92 Å². The number of benzene rings is 8. The van der Waals surface area contributed by atoms with E-state index in [0.717, 1.165) is 78.5 Å². The summed E-state index contributed by atoms with van der Waals surface area (Å²) in [6.45, 7) is 37.8. The van der Waals surface area contributed by atoms with Crippen LogP contribution in [-0.4, -0.2) is 155 Å². The Kier molecular flexibility index (Phi) is 48.0. The van der Waals surface area contributed by atoms with Crippen molar-refractivity contribution in [2.75, 3.05) is 37.6 Å². The maximum atomic E-state index is 12.3. The van der Waals surface area contributed by atoms with Crippen molar-refractivity contribution >= 4 is 64.0 Å². The van der Waals surface area contributed by atoms with Gasteiger partial charge in [0.15, 0.2) is 16.1 Å². The number of thiol groups is 1. The van der Waals surface area contributed by atoms with Gasteiger partial charge in [-0.25, -0.2) is 37.2 Å². The van der Waals surface area contributed by atoms with Crippen molar-refractivity contribution in [1.29, 1.82) is 0 Å². The van der Waals surface area contributed by atoms with Crippen LogP contribution in [0.4, 0.5) is 32.0 Å². The van der Waals surface area contributed by atoms with Crippen LogP contribution in [0.15, 0.2) is 199 Å². The molecule has 127 heavy (non-hydrogen) atoms. The van der Waals surface area contributed by atoms with E-state index in [1.165, 1.54) is 36.4 Å². The third-order valence-electron chi connectivity index (χ3n) is 15.9. The maximum absolute atomic E-state index is 12.3. The molecule has 0 amide bonds. The highest BCUT2D eigenvalue weighted by Crippen LogP contribution is 2.37. The van der Waals surface area contributed by atoms with Gasteiger partial charge in [0.05, 0.1) is 87.6 Å². The van der Waals surface area contributed by atoms with E-state index in [0.29, 0.717) is 64.9 Å². The van der Waals surface area contributed by atoms with Gasteiger partial charge in [-0.2, -0.15) is 39.0 Å². The molecule has 0 saturated carbocycles. The molecule has 0 aliphatic carbocycles. The van der Waals surface area contributed by atoms with Crippen molar-refractivity contribution in [3.63, 3.8) is 0 Å². The SMILES string of the molecule is CC(C)Oc1ccc(C(=O)OC(C(F)(F)F)C(F)(F)F)cc1.CC(C)Oc1ccc(C(=O)OC2CCCCO2)cc1.CC(C)Oc1ccc(C(=O)OCCS)cc1.CC(C)Oc1ccc(C(=O)Oc2ccc(S(C)(=O)=O)cc2)cc1.CC(C)Oc1ccc(N)cc1.CCC(C)(C)OC(=O)c1ccc(OC(C)C)cc1.CCOC(C)OC(=O)c1ccc(OC(C)C)cc1. The monoisotopic (exact) mass is 1820 g/mol. The topological polar surface area (TPSA) is 301 Å². The first-order valence-corrected chi connectivity index (χ1v) is 43.7. The van der Waals surface area contributed by atoms with Gasteiger partial charge in [0.1, 0.15) is 58.2 Å². The average molecular weight is 1820 g/mol. The number of carbonyl (C=O) groups excluding carboxylic acids is 6. The molecule has 8 aromatic carbocycles. The fourth-order valence-electron chi connectivity index (χ4n) is 9.97. The first-order valence-electron chi connectivity index (χ1n) is 41.2. The summed E-state index contributed by atoms with van der Waals surface area (Å²) in [5.41, 5.74) is 7.85. The summed E-state index contributed by atoms with van der Waals surface area (Å²) in [5, 5.41) is 0. The molecule has 2 unspecified atom stereocenters. The minimum Gasteiger partial charge on any atom is -0.491 e. The number of ether oxygens (including phenoxy) is 15. The number of halogens is 6. The number of hydrogen-bond acceptors (Lipinski definition) is 25. The molecule has 1 aliphatic heterocycles. The molecular weight excluding hydrogens is 1700 g/mol. The Bertz CT molecular complexity index is 4630. The molecule has 24 nitrogen and oxygen atoms in total. The van der Waals surface area contributed by atoms with Gasteiger partial charge >= 0.3 is 48.2 Å². The van der Waals surface area contributed by atoms with Crippen LogP contribution in [0.2, 0.25) is 0 Å².